The fourth-order valence-corrected chi connectivity index (χ4v) is 1.64. The van der Waals surface area contributed by atoms with Crippen molar-refractivity contribution < 1.29 is 4.79 Å². The molecule has 0 aromatic heterocycles. The first-order valence-corrected chi connectivity index (χ1v) is 5.49. The molecule has 1 rings (SSSR count). The molecule has 1 aromatic rings. The largest absolute Gasteiger partial charge is 0.306 e. The molecule has 0 saturated heterocycles. The molecule has 0 unspecified atom stereocenters. The van der Waals surface area contributed by atoms with E-state index in [1.54, 1.807) is 6.08 Å². The zero-order valence-electron chi connectivity index (χ0n) is 10.3. The van der Waals surface area contributed by atoms with Gasteiger partial charge in [0.05, 0.1) is 6.54 Å². The molecule has 86 valence electrons. The van der Waals surface area contributed by atoms with E-state index in [2.05, 4.69) is 24.9 Å². The molecule has 0 bridgehead atoms. The molecule has 0 spiro atoms. The SMILES string of the molecule is C=CCNCC(=O)c1cc(C)c(C)cc1C. The van der Waals surface area contributed by atoms with Gasteiger partial charge in [0.15, 0.2) is 5.78 Å². The van der Waals surface area contributed by atoms with E-state index in [9.17, 15) is 4.79 Å². The maximum atomic E-state index is 11.9. The maximum Gasteiger partial charge on any atom is 0.176 e. The van der Waals surface area contributed by atoms with Crippen molar-refractivity contribution in [1.82, 2.24) is 5.32 Å². The molecular formula is C14H19NO. The average molecular weight is 217 g/mol. The van der Waals surface area contributed by atoms with Crippen molar-refractivity contribution in [2.75, 3.05) is 13.1 Å². The summed E-state index contributed by atoms with van der Waals surface area (Å²) >= 11 is 0. The van der Waals surface area contributed by atoms with Crippen LogP contribution in [0.1, 0.15) is 27.0 Å². The highest BCUT2D eigenvalue weighted by atomic mass is 16.1. The second-order valence-corrected chi connectivity index (χ2v) is 4.09. The van der Waals surface area contributed by atoms with Gasteiger partial charge in [0.1, 0.15) is 0 Å². The summed E-state index contributed by atoms with van der Waals surface area (Å²) < 4.78 is 0. The Morgan fingerprint density at radius 3 is 2.50 bits per heavy atom. The molecule has 2 nitrogen and oxygen atoms in total. The number of nitrogens with one attached hydrogen (secondary N) is 1. The Morgan fingerprint density at radius 2 is 1.88 bits per heavy atom. The summed E-state index contributed by atoms with van der Waals surface area (Å²) in [7, 11) is 0. The lowest BCUT2D eigenvalue weighted by Crippen LogP contribution is -2.23. The Hall–Kier alpha value is -1.41. The van der Waals surface area contributed by atoms with Gasteiger partial charge in [-0.2, -0.15) is 0 Å². The predicted octanol–water partition coefficient (Wildman–Crippen LogP) is 2.57. The van der Waals surface area contributed by atoms with Gasteiger partial charge in [-0.25, -0.2) is 0 Å². The number of hydrogen-bond acceptors (Lipinski definition) is 2. The first kappa shape index (κ1) is 12.7. The molecule has 0 heterocycles. The Labute approximate surface area is 97.4 Å². The van der Waals surface area contributed by atoms with Crippen molar-refractivity contribution in [2.45, 2.75) is 20.8 Å². The van der Waals surface area contributed by atoms with Gasteiger partial charge < -0.3 is 5.32 Å². The van der Waals surface area contributed by atoms with Crippen LogP contribution >= 0.6 is 0 Å². The van der Waals surface area contributed by atoms with Crippen LogP contribution in [0.15, 0.2) is 24.8 Å². The first-order valence-electron chi connectivity index (χ1n) is 5.49. The Kier molecular flexibility index (Phi) is 4.44. The van der Waals surface area contributed by atoms with Crippen molar-refractivity contribution in [2.24, 2.45) is 0 Å². The lowest BCUT2D eigenvalue weighted by Gasteiger charge is -2.09. The van der Waals surface area contributed by atoms with E-state index in [4.69, 9.17) is 0 Å². The van der Waals surface area contributed by atoms with Gasteiger partial charge in [0.25, 0.3) is 0 Å². The zero-order valence-corrected chi connectivity index (χ0v) is 10.3. The summed E-state index contributed by atoms with van der Waals surface area (Å²) in [6.45, 7) is 10.7. The van der Waals surface area contributed by atoms with Crippen LogP contribution in [-0.4, -0.2) is 18.9 Å². The fourth-order valence-electron chi connectivity index (χ4n) is 1.64. The van der Waals surface area contributed by atoms with Gasteiger partial charge in [-0.15, -0.1) is 6.58 Å². The highest BCUT2D eigenvalue weighted by Crippen LogP contribution is 2.15. The number of benzene rings is 1. The lowest BCUT2D eigenvalue weighted by molar-refractivity contribution is 0.0991. The van der Waals surface area contributed by atoms with Crippen LogP contribution < -0.4 is 5.32 Å². The summed E-state index contributed by atoms with van der Waals surface area (Å²) in [5.41, 5.74) is 4.26. The van der Waals surface area contributed by atoms with Crippen LogP contribution in [0.2, 0.25) is 0 Å². The fraction of sp³-hybridized carbons (Fsp3) is 0.357. The molecule has 0 atom stereocenters. The summed E-state index contributed by atoms with van der Waals surface area (Å²) in [4.78, 5) is 11.9. The molecule has 1 N–H and O–H groups in total. The number of hydrogen-bond donors (Lipinski definition) is 1. The van der Waals surface area contributed by atoms with Crippen molar-refractivity contribution in [3.63, 3.8) is 0 Å². The van der Waals surface area contributed by atoms with E-state index in [0.29, 0.717) is 13.1 Å². The van der Waals surface area contributed by atoms with Crippen LogP contribution in [0.25, 0.3) is 0 Å². The molecule has 0 amide bonds. The lowest BCUT2D eigenvalue weighted by atomic mass is 9.98. The highest BCUT2D eigenvalue weighted by molar-refractivity contribution is 5.99. The summed E-state index contributed by atoms with van der Waals surface area (Å²) in [5.74, 6) is 0.141. The topological polar surface area (TPSA) is 29.1 Å². The third kappa shape index (κ3) is 3.04. The van der Waals surface area contributed by atoms with E-state index in [1.807, 2.05) is 19.9 Å². The molecule has 0 saturated carbocycles. The van der Waals surface area contributed by atoms with E-state index in [0.717, 1.165) is 16.7 Å². The van der Waals surface area contributed by atoms with Gasteiger partial charge in [-0.05, 0) is 43.5 Å². The molecule has 0 aliphatic carbocycles. The summed E-state index contributed by atoms with van der Waals surface area (Å²) in [6, 6.07) is 4.04. The van der Waals surface area contributed by atoms with E-state index in [-0.39, 0.29) is 5.78 Å². The van der Waals surface area contributed by atoms with Crippen molar-refractivity contribution in [1.29, 1.82) is 0 Å². The molecule has 16 heavy (non-hydrogen) atoms. The molecular weight excluding hydrogens is 198 g/mol. The van der Waals surface area contributed by atoms with Gasteiger partial charge in [-0.3, -0.25) is 4.79 Å². The number of Topliss-reactive ketones (excluding diaryl/α,β-unsaturated/α-hetero) is 1. The minimum atomic E-state index is 0.141. The normalized spacial score (nSPS) is 10.2. The van der Waals surface area contributed by atoms with Crippen molar-refractivity contribution in [3.05, 3.63) is 47.0 Å². The number of aryl methyl sites for hydroxylation is 3. The molecule has 0 fully saturated rings. The molecule has 0 aliphatic heterocycles. The maximum absolute atomic E-state index is 11.9. The Morgan fingerprint density at radius 1 is 1.25 bits per heavy atom. The van der Waals surface area contributed by atoms with Crippen LogP contribution in [-0.2, 0) is 0 Å². The Balaban J connectivity index is 2.83. The minimum Gasteiger partial charge on any atom is -0.306 e. The van der Waals surface area contributed by atoms with Gasteiger partial charge in [-0.1, -0.05) is 12.1 Å². The molecule has 0 radical (unpaired) electrons. The number of carbonyl (C=O) groups excluding carboxylic acids is 1. The number of carbonyl (C=O) groups is 1. The first-order chi connectivity index (χ1) is 7.56. The van der Waals surface area contributed by atoms with Gasteiger partial charge >= 0.3 is 0 Å². The van der Waals surface area contributed by atoms with E-state index in [1.165, 1.54) is 5.56 Å². The van der Waals surface area contributed by atoms with Gasteiger partial charge in [0.2, 0.25) is 0 Å². The minimum absolute atomic E-state index is 0.141. The number of rotatable bonds is 5. The van der Waals surface area contributed by atoms with Crippen LogP contribution in [0.3, 0.4) is 0 Å². The Bertz CT molecular complexity index is 407. The monoisotopic (exact) mass is 217 g/mol. The van der Waals surface area contributed by atoms with Crippen LogP contribution in [0.4, 0.5) is 0 Å². The van der Waals surface area contributed by atoms with Gasteiger partial charge in [0, 0.05) is 12.1 Å². The quantitative estimate of drug-likeness (QED) is 0.466. The third-order valence-electron chi connectivity index (χ3n) is 2.72. The average Bonchev–Trinajstić information content (AvgIpc) is 2.23. The zero-order chi connectivity index (χ0) is 12.1. The molecule has 0 aliphatic rings. The molecule has 1 aromatic carbocycles. The standard InChI is InChI=1S/C14H19NO/c1-5-6-15-9-14(16)13-8-11(3)10(2)7-12(13)4/h5,7-8,15H,1,6,9H2,2-4H3. The third-order valence-corrected chi connectivity index (χ3v) is 2.72. The number of ketones is 1. The van der Waals surface area contributed by atoms with Crippen molar-refractivity contribution >= 4 is 5.78 Å². The highest BCUT2D eigenvalue weighted by Gasteiger charge is 2.09. The predicted molar refractivity (Wildman–Crippen MR) is 68.1 cm³/mol. The van der Waals surface area contributed by atoms with Crippen molar-refractivity contribution in [3.8, 4) is 0 Å². The summed E-state index contributed by atoms with van der Waals surface area (Å²) in [6.07, 6.45) is 1.75. The smallest absolute Gasteiger partial charge is 0.176 e. The van der Waals surface area contributed by atoms with E-state index >= 15 is 0 Å². The summed E-state index contributed by atoms with van der Waals surface area (Å²) in [5, 5.41) is 3.03. The molecule has 2 heteroatoms. The van der Waals surface area contributed by atoms with Crippen LogP contribution in [0.5, 0.6) is 0 Å². The second kappa shape index (κ2) is 5.61. The van der Waals surface area contributed by atoms with Crippen LogP contribution in [0, 0.1) is 20.8 Å². The van der Waals surface area contributed by atoms with E-state index < -0.39 is 0 Å². The second-order valence-electron chi connectivity index (χ2n) is 4.09.